The van der Waals surface area contributed by atoms with Crippen molar-refractivity contribution in [3.63, 3.8) is 0 Å². The summed E-state index contributed by atoms with van der Waals surface area (Å²) in [5.74, 6) is 0.226. The zero-order chi connectivity index (χ0) is 20.4. The van der Waals surface area contributed by atoms with E-state index in [9.17, 15) is 14.9 Å². The van der Waals surface area contributed by atoms with Gasteiger partial charge < -0.3 is 4.90 Å². The van der Waals surface area contributed by atoms with E-state index in [2.05, 4.69) is 10.1 Å². The highest BCUT2D eigenvalue weighted by molar-refractivity contribution is 6.30. The number of rotatable bonds is 5. The molecule has 1 heterocycles. The highest BCUT2D eigenvalue weighted by Crippen LogP contribution is 2.24. The Morgan fingerprint density at radius 3 is 2.57 bits per heavy atom. The second kappa shape index (κ2) is 7.77. The summed E-state index contributed by atoms with van der Waals surface area (Å²) in [5.41, 5.74) is 1.37. The van der Waals surface area contributed by atoms with E-state index >= 15 is 0 Å². The first-order valence-corrected chi connectivity index (χ1v) is 8.87. The van der Waals surface area contributed by atoms with Gasteiger partial charge >= 0.3 is 0 Å². The molecule has 0 radical (unpaired) electrons. The lowest BCUT2D eigenvalue weighted by Gasteiger charge is -2.24. The van der Waals surface area contributed by atoms with Crippen molar-refractivity contribution < 1.29 is 9.72 Å². The van der Waals surface area contributed by atoms with Crippen LogP contribution < -0.4 is 0 Å². The number of aromatic nitrogens is 3. The lowest BCUT2D eigenvalue weighted by atomic mass is 10.1. The minimum absolute atomic E-state index is 0.0221. The Balaban J connectivity index is 1.85. The molecule has 0 N–H and O–H groups in total. The third-order valence-electron chi connectivity index (χ3n) is 4.50. The molecule has 3 rings (SSSR count). The maximum Gasteiger partial charge on any atom is 0.293 e. The van der Waals surface area contributed by atoms with E-state index in [0.717, 1.165) is 5.69 Å². The molecule has 9 heteroatoms. The molecule has 0 aliphatic rings. The molecule has 0 bridgehead atoms. The maximum absolute atomic E-state index is 12.9. The van der Waals surface area contributed by atoms with E-state index in [1.165, 1.54) is 17.0 Å². The summed E-state index contributed by atoms with van der Waals surface area (Å²) in [5, 5.41) is 15.9. The van der Waals surface area contributed by atoms with E-state index in [0.29, 0.717) is 16.4 Å². The monoisotopic (exact) mass is 399 g/mol. The first-order chi connectivity index (χ1) is 13.3. The topological polar surface area (TPSA) is 94.2 Å². The molecule has 1 aromatic heterocycles. The van der Waals surface area contributed by atoms with Crippen LogP contribution in [0.1, 0.15) is 35.0 Å². The zero-order valence-corrected chi connectivity index (χ0v) is 16.3. The molecule has 3 aromatic rings. The molecular formula is C19H18ClN5O3. The number of nitrogens with zero attached hydrogens (tertiary/aromatic N) is 5. The Hall–Kier alpha value is -3.26. The fourth-order valence-corrected chi connectivity index (χ4v) is 2.89. The first kappa shape index (κ1) is 19.5. The molecule has 28 heavy (non-hydrogen) atoms. The zero-order valence-electron chi connectivity index (χ0n) is 15.5. The molecule has 0 spiro atoms. The molecular weight excluding hydrogens is 382 g/mol. The molecule has 0 aliphatic heterocycles. The molecule has 0 aliphatic carbocycles. The second-order valence-corrected chi connectivity index (χ2v) is 6.75. The van der Waals surface area contributed by atoms with Gasteiger partial charge in [0.25, 0.3) is 11.6 Å². The van der Waals surface area contributed by atoms with Gasteiger partial charge in [-0.25, -0.2) is 9.67 Å². The van der Waals surface area contributed by atoms with Crippen LogP contribution in [0.2, 0.25) is 5.02 Å². The Morgan fingerprint density at radius 2 is 1.93 bits per heavy atom. The van der Waals surface area contributed by atoms with Gasteiger partial charge in [0, 0.05) is 24.2 Å². The minimum Gasteiger partial charge on any atom is -0.332 e. The highest BCUT2D eigenvalue weighted by atomic mass is 35.5. The van der Waals surface area contributed by atoms with Gasteiger partial charge in [-0.05, 0) is 43.7 Å². The van der Waals surface area contributed by atoms with Crippen molar-refractivity contribution in [2.24, 2.45) is 0 Å². The quantitative estimate of drug-likeness (QED) is 0.478. The van der Waals surface area contributed by atoms with Crippen molar-refractivity contribution >= 4 is 23.2 Å². The maximum atomic E-state index is 12.9. The van der Waals surface area contributed by atoms with Crippen LogP contribution in [0.15, 0.2) is 48.5 Å². The number of non-ortho nitro benzene ring substituents is 1. The van der Waals surface area contributed by atoms with Crippen LogP contribution in [0.25, 0.3) is 5.69 Å². The minimum atomic E-state index is -0.462. The number of benzene rings is 2. The molecule has 144 valence electrons. The van der Waals surface area contributed by atoms with Gasteiger partial charge in [-0.15, -0.1) is 5.10 Å². The summed E-state index contributed by atoms with van der Waals surface area (Å²) < 4.78 is 1.56. The third kappa shape index (κ3) is 3.86. The molecule has 2 aromatic carbocycles. The lowest BCUT2D eigenvalue weighted by Crippen LogP contribution is -2.30. The second-order valence-electron chi connectivity index (χ2n) is 6.31. The Morgan fingerprint density at radius 1 is 1.25 bits per heavy atom. The summed E-state index contributed by atoms with van der Waals surface area (Å²) in [7, 11) is 1.62. The van der Waals surface area contributed by atoms with Gasteiger partial charge in [-0.1, -0.05) is 23.7 Å². The Bertz CT molecular complexity index is 1030. The smallest absolute Gasteiger partial charge is 0.293 e. The van der Waals surface area contributed by atoms with Gasteiger partial charge in [0.2, 0.25) is 5.82 Å². The van der Waals surface area contributed by atoms with Crippen LogP contribution in [0.5, 0.6) is 0 Å². The molecule has 1 atom stereocenters. The van der Waals surface area contributed by atoms with Crippen molar-refractivity contribution in [3.8, 4) is 5.69 Å². The fraction of sp³-hybridized carbons (Fsp3) is 0.211. The summed E-state index contributed by atoms with van der Waals surface area (Å²) in [6.07, 6.45) is 0. The normalized spacial score (nSPS) is 11.9. The number of nitro groups is 1. The summed E-state index contributed by atoms with van der Waals surface area (Å²) in [6, 6.07) is 12.9. The van der Waals surface area contributed by atoms with Crippen molar-refractivity contribution in [2.75, 3.05) is 7.05 Å². The predicted molar refractivity (Wildman–Crippen MR) is 105 cm³/mol. The van der Waals surface area contributed by atoms with Crippen LogP contribution >= 0.6 is 11.6 Å². The summed E-state index contributed by atoms with van der Waals surface area (Å²) in [4.78, 5) is 29.1. The van der Waals surface area contributed by atoms with Crippen LogP contribution in [-0.4, -0.2) is 37.5 Å². The van der Waals surface area contributed by atoms with Crippen molar-refractivity contribution in [2.45, 2.75) is 19.9 Å². The number of nitro benzene ring substituents is 1. The standard InChI is InChI=1S/C19H18ClN5O3/c1-12(14-5-4-6-17(11-14)25(27)28)23(3)19(26)18-21-13(2)24(22-18)16-9-7-15(20)8-10-16/h4-12H,1-3H3. The highest BCUT2D eigenvalue weighted by Gasteiger charge is 2.24. The van der Waals surface area contributed by atoms with E-state index in [1.807, 2.05) is 0 Å². The Kier molecular flexibility index (Phi) is 5.41. The molecule has 0 fully saturated rings. The number of amides is 1. The molecule has 0 saturated carbocycles. The van der Waals surface area contributed by atoms with Crippen molar-refractivity contribution in [1.82, 2.24) is 19.7 Å². The van der Waals surface area contributed by atoms with Crippen LogP contribution in [0.3, 0.4) is 0 Å². The van der Waals surface area contributed by atoms with E-state index < -0.39 is 11.0 Å². The van der Waals surface area contributed by atoms with E-state index in [1.54, 1.807) is 62.0 Å². The summed E-state index contributed by atoms with van der Waals surface area (Å²) in [6.45, 7) is 3.54. The van der Waals surface area contributed by atoms with Gasteiger partial charge in [0.05, 0.1) is 16.7 Å². The number of carbonyl (C=O) groups is 1. The molecule has 1 unspecified atom stereocenters. The number of hydrogen-bond acceptors (Lipinski definition) is 5. The average molecular weight is 400 g/mol. The van der Waals surface area contributed by atoms with Gasteiger partial charge in [-0.2, -0.15) is 0 Å². The number of halogens is 1. The van der Waals surface area contributed by atoms with E-state index in [4.69, 9.17) is 11.6 Å². The number of aryl methyl sites for hydroxylation is 1. The fourth-order valence-electron chi connectivity index (χ4n) is 2.76. The van der Waals surface area contributed by atoms with Gasteiger partial charge in [-0.3, -0.25) is 14.9 Å². The molecule has 0 saturated heterocycles. The van der Waals surface area contributed by atoms with E-state index in [-0.39, 0.29) is 17.4 Å². The largest absolute Gasteiger partial charge is 0.332 e. The van der Waals surface area contributed by atoms with Gasteiger partial charge in [0.1, 0.15) is 5.82 Å². The Labute approximate surface area is 166 Å². The van der Waals surface area contributed by atoms with Crippen LogP contribution in [-0.2, 0) is 0 Å². The average Bonchev–Trinajstić information content (AvgIpc) is 3.08. The molecule has 8 nitrogen and oxygen atoms in total. The number of hydrogen-bond donors (Lipinski definition) is 0. The number of carbonyl (C=O) groups excluding carboxylic acids is 1. The van der Waals surface area contributed by atoms with Crippen molar-refractivity contribution in [3.05, 3.63) is 80.9 Å². The summed E-state index contributed by atoms with van der Waals surface area (Å²) >= 11 is 5.91. The predicted octanol–water partition coefficient (Wildman–Crippen LogP) is 3.97. The third-order valence-corrected chi connectivity index (χ3v) is 4.75. The van der Waals surface area contributed by atoms with Crippen LogP contribution in [0, 0.1) is 17.0 Å². The van der Waals surface area contributed by atoms with Crippen molar-refractivity contribution in [1.29, 1.82) is 0 Å². The molecule has 1 amide bonds. The first-order valence-electron chi connectivity index (χ1n) is 8.49. The van der Waals surface area contributed by atoms with Crippen LogP contribution in [0.4, 0.5) is 5.69 Å². The lowest BCUT2D eigenvalue weighted by molar-refractivity contribution is -0.384. The van der Waals surface area contributed by atoms with Gasteiger partial charge in [0.15, 0.2) is 0 Å². The SMILES string of the molecule is Cc1nc(C(=O)N(C)C(C)c2cccc([N+](=O)[O-])c2)nn1-c1ccc(Cl)cc1.